The summed E-state index contributed by atoms with van der Waals surface area (Å²) in [4.78, 5) is 4.09. The first kappa shape index (κ1) is 6.85. The van der Waals surface area contributed by atoms with Crippen LogP contribution in [0.5, 0.6) is 0 Å². The summed E-state index contributed by atoms with van der Waals surface area (Å²) >= 11 is 0. The minimum atomic E-state index is -0.353. The lowest BCUT2D eigenvalue weighted by molar-refractivity contribution is 0.109. The molecule has 1 aromatic heterocycles. The van der Waals surface area contributed by atoms with Crippen molar-refractivity contribution in [3.05, 3.63) is 18.2 Å². The number of hydrogen-bond donors (Lipinski definition) is 1. The lowest BCUT2D eigenvalue weighted by atomic mass is 10.00. The molecule has 0 aliphatic carbocycles. The standard InChI is InChI=1S/C8H12N2O/c1-6-4-7(11)8-9-2-3-10(8)5-6/h2-3,6-7,11H,4-5H2,1H3/t6-,7+/m1/s1. The molecule has 0 radical (unpaired) electrons. The molecule has 1 N–H and O–H groups in total. The van der Waals surface area contributed by atoms with Gasteiger partial charge in [0.15, 0.2) is 0 Å². The molecule has 0 spiro atoms. The van der Waals surface area contributed by atoms with Crippen molar-refractivity contribution in [3.63, 3.8) is 0 Å². The molecule has 0 unspecified atom stereocenters. The molecule has 2 heterocycles. The minimum Gasteiger partial charge on any atom is -0.385 e. The zero-order chi connectivity index (χ0) is 7.84. The van der Waals surface area contributed by atoms with E-state index in [4.69, 9.17) is 0 Å². The Morgan fingerprint density at radius 1 is 1.73 bits per heavy atom. The number of aliphatic hydroxyl groups is 1. The van der Waals surface area contributed by atoms with E-state index in [0.29, 0.717) is 5.92 Å². The van der Waals surface area contributed by atoms with E-state index in [9.17, 15) is 5.11 Å². The van der Waals surface area contributed by atoms with Crippen LogP contribution >= 0.6 is 0 Å². The zero-order valence-electron chi connectivity index (χ0n) is 6.57. The van der Waals surface area contributed by atoms with Crippen LogP contribution in [0.4, 0.5) is 0 Å². The van der Waals surface area contributed by atoms with Crippen LogP contribution in [0.25, 0.3) is 0 Å². The molecule has 3 nitrogen and oxygen atoms in total. The van der Waals surface area contributed by atoms with Gasteiger partial charge in [-0.25, -0.2) is 4.98 Å². The van der Waals surface area contributed by atoms with Gasteiger partial charge in [-0.3, -0.25) is 0 Å². The van der Waals surface area contributed by atoms with E-state index in [1.807, 2.05) is 10.8 Å². The Hall–Kier alpha value is -0.830. The molecule has 0 saturated heterocycles. The Morgan fingerprint density at radius 2 is 2.55 bits per heavy atom. The highest BCUT2D eigenvalue weighted by Gasteiger charge is 2.22. The average molecular weight is 152 g/mol. The van der Waals surface area contributed by atoms with Gasteiger partial charge in [-0.05, 0) is 12.3 Å². The number of aromatic nitrogens is 2. The SMILES string of the molecule is C[C@@H]1C[C@H](O)c2nccn2C1. The molecule has 1 aromatic rings. The van der Waals surface area contributed by atoms with Gasteiger partial charge in [0.1, 0.15) is 11.9 Å². The highest BCUT2D eigenvalue weighted by molar-refractivity contribution is 5.00. The van der Waals surface area contributed by atoms with Crippen LogP contribution < -0.4 is 0 Å². The lowest BCUT2D eigenvalue weighted by Crippen LogP contribution is -2.21. The van der Waals surface area contributed by atoms with Crippen molar-refractivity contribution >= 4 is 0 Å². The fourth-order valence-electron chi connectivity index (χ4n) is 1.67. The van der Waals surface area contributed by atoms with E-state index in [-0.39, 0.29) is 6.10 Å². The van der Waals surface area contributed by atoms with Crippen LogP contribution in [-0.4, -0.2) is 14.7 Å². The summed E-state index contributed by atoms with van der Waals surface area (Å²) in [5, 5.41) is 9.54. The Balaban J connectivity index is 2.36. The molecule has 0 bridgehead atoms. The Labute approximate surface area is 65.7 Å². The summed E-state index contributed by atoms with van der Waals surface area (Å²) < 4.78 is 2.03. The van der Waals surface area contributed by atoms with E-state index in [1.54, 1.807) is 6.20 Å². The van der Waals surface area contributed by atoms with Crippen molar-refractivity contribution in [2.75, 3.05) is 0 Å². The van der Waals surface area contributed by atoms with Crippen LogP contribution in [0.2, 0.25) is 0 Å². The van der Waals surface area contributed by atoms with Crippen LogP contribution in [0, 0.1) is 5.92 Å². The van der Waals surface area contributed by atoms with Crippen molar-refractivity contribution < 1.29 is 5.11 Å². The first-order chi connectivity index (χ1) is 5.27. The van der Waals surface area contributed by atoms with Gasteiger partial charge in [-0.1, -0.05) is 6.92 Å². The molecule has 1 aliphatic rings. The molecule has 1 aliphatic heterocycles. The second kappa shape index (κ2) is 2.34. The van der Waals surface area contributed by atoms with E-state index < -0.39 is 0 Å². The van der Waals surface area contributed by atoms with Crippen LogP contribution in [0.15, 0.2) is 12.4 Å². The van der Waals surface area contributed by atoms with E-state index in [0.717, 1.165) is 18.8 Å². The molecule has 60 valence electrons. The molecular weight excluding hydrogens is 140 g/mol. The minimum absolute atomic E-state index is 0.353. The largest absolute Gasteiger partial charge is 0.385 e. The topological polar surface area (TPSA) is 38.1 Å². The van der Waals surface area contributed by atoms with Gasteiger partial charge < -0.3 is 9.67 Å². The van der Waals surface area contributed by atoms with Gasteiger partial charge in [0.25, 0.3) is 0 Å². The second-order valence-corrected chi connectivity index (χ2v) is 3.29. The zero-order valence-corrected chi connectivity index (χ0v) is 6.57. The smallest absolute Gasteiger partial charge is 0.137 e. The fraction of sp³-hybridized carbons (Fsp3) is 0.625. The summed E-state index contributed by atoms with van der Waals surface area (Å²) in [6, 6.07) is 0. The van der Waals surface area contributed by atoms with E-state index in [1.165, 1.54) is 0 Å². The maximum absolute atomic E-state index is 9.54. The molecule has 2 rings (SSSR count). The highest BCUT2D eigenvalue weighted by Crippen LogP contribution is 2.26. The van der Waals surface area contributed by atoms with Gasteiger partial charge in [-0.15, -0.1) is 0 Å². The van der Waals surface area contributed by atoms with Crippen molar-refractivity contribution in [2.45, 2.75) is 26.0 Å². The van der Waals surface area contributed by atoms with Crippen LogP contribution in [0.1, 0.15) is 25.3 Å². The highest BCUT2D eigenvalue weighted by atomic mass is 16.3. The first-order valence-corrected chi connectivity index (χ1v) is 3.96. The van der Waals surface area contributed by atoms with Crippen LogP contribution in [-0.2, 0) is 6.54 Å². The molecule has 0 fully saturated rings. The predicted molar refractivity (Wildman–Crippen MR) is 41.0 cm³/mol. The van der Waals surface area contributed by atoms with E-state index in [2.05, 4.69) is 11.9 Å². The van der Waals surface area contributed by atoms with Crippen molar-refractivity contribution in [1.29, 1.82) is 0 Å². The second-order valence-electron chi connectivity index (χ2n) is 3.29. The van der Waals surface area contributed by atoms with Gasteiger partial charge in [0, 0.05) is 18.9 Å². The summed E-state index contributed by atoms with van der Waals surface area (Å²) in [7, 11) is 0. The van der Waals surface area contributed by atoms with Gasteiger partial charge in [0.05, 0.1) is 0 Å². The fourth-order valence-corrected chi connectivity index (χ4v) is 1.67. The average Bonchev–Trinajstić information content (AvgIpc) is 2.34. The van der Waals surface area contributed by atoms with Gasteiger partial charge >= 0.3 is 0 Å². The van der Waals surface area contributed by atoms with Crippen molar-refractivity contribution in [2.24, 2.45) is 5.92 Å². The molecule has 0 saturated carbocycles. The first-order valence-electron chi connectivity index (χ1n) is 3.96. The Kier molecular flexibility index (Phi) is 1.46. The molecule has 2 atom stereocenters. The Morgan fingerprint density at radius 3 is 3.36 bits per heavy atom. The number of aliphatic hydroxyl groups excluding tert-OH is 1. The monoisotopic (exact) mass is 152 g/mol. The Bertz CT molecular complexity index is 256. The molecule has 3 heteroatoms. The molecule has 0 aromatic carbocycles. The number of imidazole rings is 1. The van der Waals surface area contributed by atoms with E-state index >= 15 is 0 Å². The van der Waals surface area contributed by atoms with Gasteiger partial charge in [0.2, 0.25) is 0 Å². The third-order valence-electron chi connectivity index (χ3n) is 2.18. The van der Waals surface area contributed by atoms with Crippen molar-refractivity contribution in [1.82, 2.24) is 9.55 Å². The normalized spacial score (nSPS) is 30.0. The molecule has 11 heavy (non-hydrogen) atoms. The summed E-state index contributed by atoms with van der Waals surface area (Å²) in [6.07, 6.45) is 4.16. The summed E-state index contributed by atoms with van der Waals surface area (Å²) in [5.74, 6) is 1.38. The third-order valence-corrected chi connectivity index (χ3v) is 2.18. The summed E-state index contributed by atoms with van der Waals surface area (Å²) in [6.45, 7) is 3.14. The summed E-state index contributed by atoms with van der Waals surface area (Å²) in [5.41, 5.74) is 0. The number of hydrogen-bond acceptors (Lipinski definition) is 2. The third kappa shape index (κ3) is 1.05. The predicted octanol–water partition coefficient (Wildman–Crippen LogP) is 0.956. The number of nitrogens with zero attached hydrogens (tertiary/aromatic N) is 2. The maximum Gasteiger partial charge on any atom is 0.137 e. The molecular formula is C8H12N2O. The number of rotatable bonds is 0. The lowest BCUT2D eigenvalue weighted by Gasteiger charge is -2.24. The molecule has 0 amide bonds. The van der Waals surface area contributed by atoms with Crippen molar-refractivity contribution in [3.8, 4) is 0 Å². The van der Waals surface area contributed by atoms with Crippen LogP contribution in [0.3, 0.4) is 0 Å². The number of fused-ring (bicyclic) bond motifs is 1. The quantitative estimate of drug-likeness (QED) is 0.601. The van der Waals surface area contributed by atoms with Gasteiger partial charge in [-0.2, -0.15) is 0 Å². The maximum atomic E-state index is 9.54.